The second-order valence-corrected chi connectivity index (χ2v) is 10.5. The number of fused-ring (bicyclic) bond motifs is 1. The highest BCUT2D eigenvalue weighted by Crippen LogP contribution is 2.60. The molecule has 1 saturated heterocycles. The lowest BCUT2D eigenvalue weighted by atomic mass is 9.89. The van der Waals surface area contributed by atoms with Crippen LogP contribution < -0.4 is 14.5 Å². The molecule has 5 rings (SSSR count). The van der Waals surface area contributed by atoms with Gasteiger partial charge in [0, 0.05) is 16.8 Å². The van der Waals surface area contributed by atoms with E-state index in [0.29, 0.717) is 6.61 Å². The number of amides is 2. The number of aryl methyl sites for hydroxylation is 2. The summed E-state index contributed by atoms with van der Waals surface area (Å²) in [5.41, 5.74) is 6.36. The Morgan fingerprint density at radius 2 is 1.78 bits per heavy atom. The number of anilines is 2. The SMILES string of the molecule is CCOc1cc2c3c(c1)[C@@]1(SCC(=O)N1c1ccc(C)c(C)c1)C(=O)N3C(C)(C)C=C2C. The van der Waals surface area contributed by atoms with Gasteiger partial charge in [-0.2, -0.15) is 0 Å². The number of carbonyl (C=O) groups is 2. The minimum Gasteiger partial charge on any atom is -0.494 e. The molecule has 0 bridgehead atoms. The molecule has 32 heavy (non-hydrogen) atoms. The second-order valence-electron chi connectivity index (χ2n) is 9.35. The Balaban J connectivity index is 1.82. The van der Waals surface area contributed by atoms with E-state index in [9.17, 15) is 9.59 Å². The summed E-state index contributed by atoms with van der Waals surface area (Å²) in [6.07, 6.45) is 2.13. The molecule has 0 saturated carbocycles. The maximum absolute atomic E-state index is 14.3. The van der Waals surface area contributed by atoms with Crippen LogP contribution in [0, 0.1) is 13.8 Å². The third-order valence-electron chi connectivity index (χ3n) is 6.76. The van der Waals surface area contributed by atoms with Crippen LogP contribution in [0.3, 0.4) is 0 Å². The van der Waals surface area contributed by atoms with Crippen LogP contribution in [-0.2, 0) is 14.5 Å². The third kappa shape index (κ3) is 2.65. The molecule has 6 heteroatoms. The van der Waals surface area contributed by atoms with Crippen molar-refractivity contribution < 1.29 is 14.3 Å². The van der Waals surface area contributed by atoms with Gasteiger partial charge in [0.25, 0.3) is 5.91 Å². The zero-order valence-corrected chi connectivity index (χ0v) is 20.2. The van der Waals surface area contributed by atoms with Gasteiger partial charge in [-0.25, -0.2) is 0 Å². The highest BCUT2D eigenvalue weighted by Gasteiger charge is 2.64. The molecule has 1 spiro atoms. The number of benzene rings is 2. The van der Waals surface area contributed by atoms with Crippen molar-refractivity contribution >= 4 is 40.5 Å². The fourth-order valence-corrected chi connectivity index (χ4v) is 6.59. The lowest BCUT2D eigenvalue weighted by Gasteiger charge is -2.40. The van der Waals surface area contributed by atoms with E-state index in [-0.39, 0.29) is 17.6 Å². The smallest absolute Gasteiger partial charge is 0.269 e. The van der Waals surface area contributed by atoms with E-state index < -0.39 is 10.4 Å². The predicted octanol–water partition coefficient (Wildman–Crippen LogP) is 5.18. The van der Waals surface area contributed by atoms with Crippen molar-refractivity contribution in [3.05, 3.63) is 58.7 Å². The third-order valence-corrected chi connectivity index (χ3v) is 8.15. The minimum atomic E-state index is -1.13. The van der Waals surface area contributed by atoms with Gasteiger partial charge in [0.1, 0.15) is 5.75 Å². The Morgan fingerprint density at radius 3 is 2.47 bits per heavy atom. The van der Waals surface area contributed by atoms with E-state index in [0.717, 1.165) is 45.0 Å². The first-order valence-corrected chi connectivity index (χ1v) is 12.0. The van der Waals surface area contributed by atoms with Crippen LogP contribution in [0.15, 0.2) is 36.4 Å². The van der Waals surface area contributed by atoms with Gasteiger partial charge in [0.2, 0.25) is 10.8 Å². The van der Waals surface area contributed by atoms with Crippen LogP contribution in [0.25, 0.3) is 5.57 Å². The summed E-state index contributed by atoms with van der Waals surface area (Å²) >= 11 is 1.42. The summed E-state index contributed by atoms with van der Waals surface area (Å²) in [5.74, 6) is 0.866. The van der Waals surface area contributed by atoms with Gasteiger partial charge in [-0.05, 0) is 82.5 Å². The molecule has 2 aromatic rings. The Morgan fingerprint density at radius 1 is 1.03 bits per heavy atom. The number of hydrogen-bond donors (Lipinski definition) is 0. The van der Waals surface area contributed by atoms with E-state index in [1.807, 2.05) is 56.0 Å². The van der Waals surface area contributed by atoms with Gasteiger partial charge >= 0.3 is 0 Å². The zero-order valence-electron chi connectivity index (χ0n) is 19.4. The molecule has 1 fully saturated rings. The Bertz CT molecular complexity index is 1220. The molecule has 3 aliphatic rings. The summed E-state index contributed by atoms with van der Waals surface area (Å²) in [7, 11) is 0. The van der Waals surface area contributed by atoms with E-state index in [1.54, 1.807) is 4.90 Å². The summed E-state index contributed by atoms with van der Waals surface area (Å²) in [6.45, 7) is 12.8. The molecule has 1 atom stereocenters. The fourth-order valence-electron chi connectivity index (χ4n) is 5.27. The number of rotatable bonds is 3. The second kappa shape index (κ2) is 6.88. The number of hydrogen-bond acceptors (Lipinski definition) is 4. The normalized spacial score (nSPS) is 23.1. The average Bonchev–Trinajstić information content (AvgIpc) is 3.19. The first kappa shape index (κ1) is 21.1. The topological polar surface area (TPSA) is 49.9 Å². The van der Waals surface area contributed by atoms with Crippen LogP contribution in [0.5, 0.6) is 5.75 Å². The molecule has 0 aliphatic carbocycles. The van der Waals surface area contributed by atoms with Gasteiger partial charge in [0.15, 0.2) is 0 Å². The van der Waals surface area contributed by atoms with Crippen molar-refractivity contribution in [2.45, 2.75) is 52.0 Å². The molecule has 2 amide bonds. The van der Waals surface area contributed by atoms with E-state index >= 15 is 0 Å². The van der Waals surface area contributed by atoms with Crippen molar-refractivity contribution in [3.8, 4) is 5.75 Å². The Kier molecular flexibility index (Phi) is 4.55. The molecule has 3 heterocycles. The molecule has 0 aromatic heterocycles. The minimum absolute atomic E-state index is 0.0514. The quantitative estimate of drug-likeness (QED) is 0.649. The van der Waals surface area contributed by atoms with Crippen molar-refractivity contribution in [2.75, 3.05) is 22.2 Å². The number of nitrogens with zero attached hydrogens (tertiary/aromatic N) is 2. The largest absolute Gasteiger partial charge is 0.494 e. The highest BCUT2D eigenvalue weighted by atomic mass is 32.2. The van der Waals surface area contributed by atoms with E-state index in [4.69, 9.17) is 4.74 Å². The summed E-state index contributed by atoms with van der Waals surface area (Å²) < 4.78 is 5.90. The molecule has 0 unspecified atom stereocenters. The first-order valence-electron chi connectivity index (χ1n) is 11.0. The van der Waals surface area contributed by atoms with Gasteiger partial charge in [-0.1, -0.05) is 12.1 Å². The number of allylic oxidation sites excluding steroid dienone is 1. The molecule has 166 valence electrons. The van der Waals surface area contributed by atoms with Crippen LogP contribution in [-0.4, -0.2) is 29.7 Å². The number of carbonyl (C=O) groups excluding carboxylic acids is 2. The van der Waals surface area contributed by atoms with Gasteiger partial charge in [0.05, 0.1) is 23.6 Å². The Hall–Kier alpha value is -2.73. The van der Waals surface area contributed by atoms with Gasteiger partial charge < -0.3 is 4.74 Å². The molecule has 2 aromatic carbocycles. The molecule has 0 N–H and O–H groups in total. The van der Waals surface area contributed by atoms with Crippen molar-refractivity contribution in [1.82, 2.24) is 0 Å². The van der Waals surface area contributed by atoms with Crippen LogP contribution in [0.1, 0.15) is 49.9 Å². The van der Waals surface area contributed by atoms with Crippen molar-refractivity contribution in [1.29, 1.82) is 0 Å². The molecular weight excluding hydrogens is 420 g/mol. The van der Waals surface area contributed by atoms with Gasteiger partial charge in [-0.15, -0.1) is 11.8 Å². The van der Waals surface area contributed by atoms with Crippen LogP contribution in [0.2, 0.25) is 0 Å². The maximum Gasteiger partial charge on any atom is 0.269 e. The zero-order chi connectivity index (χ0) is 23.0. The number of ether oxygens (including phenoxy) is 1. The van der Waals surface area contributed by atoms with Crippen molar-refractivity contribution in [3.63, 3.8) is 0 Å². The van der Waals surface area contributed by atoms with Gasteiger partial charge in [-0.3, -0.25) is 19.4 Å². The molecule has 5 nitrogen and oxygen atoms in total. The average molecular weight is 449 g/mol. The van der Waals surface area contributed by atoms with Crippen LogP contribution in [0.4, 0.5) is 11.4 Å². The lowest BCUT2D eigenvalue weighted by Crippen LogP contribution is -2.54. The molecular formula is C26H28N2O3S. The van der Waals surface area contributed by atoms with Crippen LogP contribution >= 0.6 is 11.8 Å². The lowest BCUT2D eigenvalue weighted by molar-refractivity contribution is -0.124. The summed E-state index contributed by atoms with van der Waals surface area (Å²) in [4.78, 5) is 30.1. The standard InChI is InChI=1S/C26H28N2O3S/c1-7-31-19-11-20-17(4)13-25(5,6)28-23(20)21(12-19)26(24(28)30)27(22(29)14-32-26)18-9-8-15(2)16(3)10-18/h8-13H,7,14H2,1-6H3/t26-/m1/s1. The van der Waals surface area contributed by atoms with E-state index in [1.165, 1.54) is 11.8 Å². The molecule has 3 aliphatic heterocycles. The summed E-state index contributed by atoms with van der Waals surface area (Å²) in [6, 6.07) is 9.96. The number of thioether (sulfide) groups is 1. The monoisotopic (exact) mass is 448 g/mol. The van der Waals surface area contributed by atoms with Crippen molar-refractivity contribution in [2.24, 2.45) is 0 Å². The predicted molar refractivity (Wildman–Crippen MR) is 130 cm³/mol. The molecule has 0 radical (unpaired) electrons. The highest BCUT2D eigenvalue weighted by molar-refractivity contribution is 8.02. The van der Waals surface area contributed by atoms with E-state index in [2.05, 4.69) is 26.8 Å². The summed E-state index contributed by atoms with van der Waals surface area (Å²) in [5, 5.41) is 0. The maximum atomic E-state index is 14.3. The Labute approximate surface area is 193 Å². The first-order chi connectivity index (χ1) is 15.1. The fraction of sp³-hybridized carbons (Fsp3) is 0.385.